The van der Waals surface area contributed by atoms with Crippen molar-refractivity contribution in [3.05, 3.63) is 52.8 Å². The molecule has 2 amide bonds. The Kier molecular flexibility index (Phi) is 6.14. The van der Waals surface area contributed by atoms with Gasteiger partial charge < -0.3 is 25.8 Å². The first-order valence-corrected chi connectivity index (χ1v) is 12.7. The number of thioether (sulfide) groups is 1. The summed E-state index contributed by atoms with van der Waals surface area (Å²) in [6, 6.07) is 6.86. The van der Waals surface area contributed by atoms with Gasteiger partial charge in [0.25, 0.3) is 11.8 Å². The molecule has 0 spiro atoms. The number of carbonyl (C=O) groups excluding carboxylic acids is 3. The number of nitrogens with one attached hydrogen (secondary N) is 1. The summed E-state index contributed by atoms with van der Waals surface area (Å²) in [5.41, 5.74) is 7.10. The van der Waals surface area contributed by atoms with Crippen LogP contribution < -0.4 is 20.8 Å². The number of β-lactam (4-membered cyclic amide) rings is 1. The number of nitrogen functional groups attached to an aromatic ring is 1. The van der Waals surface area contributed by atoms with Gasteiger partial charge in [0.15, 0.2) is 17.4 Å². The number of aliphatic carboxylic acids is 1. The van der Waals surface area contributed by atoms with Gasteiger partial charge in [-0.1, -0.05) is 17.3 Å². The van der Waals surface area contributed by atoms with E-state index in [1.54, 1.807) is 5.38 Å². The van der Waals surface area contributed by atoms with Crippen LogP contribution in [0.25, 0.3) is 10.9 Å². The number of thiazole rings is 1. The van der Waals surface area contributed by atoms with E-state index in [4.69, 9.17) is 10.6 Å². The third kappa shape index (κ3) is 3.97. The number of fused-ring (bicyclic) bond motifs is 2. The molecule has 5 rings (SSSR count). The maximum absolute atomic E-state index is 13.0. The number of anilines is 1. The fourth-order valence-electron chi connectivity index (χ4n) is 4.32. The number of carboxylic acids is 1. The predicted molar refractivity (Wildman–Crippen MR) is 130 cm³/mol. The van der Waals surface area contributed by atoms with Gasteiger partial charge in [0.2, 0.25) is 6.20 Å². The molecule has 2 atom stereocenters. The van der Waals surface area contributed by atoms with Crippen molar-refractivity contribution in [2.24, 2.45) is 12.2 Å². The van der Waals surface area contributed by atoms with E-state index < -0.39 is 29.2 Å². The first-order valence-electron chi connectivity index (χ1n) is 10.8. The molecule has 0 aliphatic carbocycles. The molecule has 2 aliphatic rings. The Labute approximate surface area is 213 Å². The number of para-hydroxylation sites is 1. The summed E-state index contributed by atoms with van der Waals surface area (Å²) in [5, 5.41) is 20.7. The van der Waals surface area contributed by atoms with E-state index in [9.17, 15) is 19.5 Å². The van der Waals surface area contributed by atoms with Gasteiger partial charge in [-0.3, -0.25) is 14.5 Å². The van der Waals surface area contributed by atoms with Gasteiger partial charge in [0.1, 0.15) is 29.7 Å². The van der Waals surface area contributed by atoms with Gasteiger partial charge in [0.05, 0.1) is 24.1 Å². The van der Waals surface area contributed by atoms with Crippen LogP contribution in [0.5, 0.6) is 0 Å². The summed E-state index contributed by atoms with van der Waals surface area (Å²) in [6.45, 7) is 0.269. The summed E-state index contributed by atoms with van der Waals surface area (Å²) < 4.78 is 3.81. The van der Waals surface area contributed by atoms with Crippen LogP contribution >= 0.6 is 23.1 Å². The molecule has 186 valence electrons. The second-order valence-electron chi connectivity index (χ2n) is 8.10. The van der Waals surface area contributed by atoms with Crippen LogP contribution in [0, 0.1) is 0 Å². The van der Waals surface area contributed by atoms with Crippen molar-refractivity contribution in [2.45, 2.75) is 18.0 Å². The van der Waals surface area contributed by atoms with E-state index in [2.05, 4.69) is 15.5 Å². The van der Waals surface area contributed by atoms with E-state index in [0.29, 0.717) is 11.3 Å². The molecule has 2 aliphatic heterocycles. The molecule has 0 radical (unpaired) electrons. The molecule has 1 fully saturated rings. The average molecular weight is 528 g/mol. The number of hydrogen-bond donors (Lipinski definition) is 2. The maximum atomic E-state index is 13.0. The molecule has 3 aromatic rings. The van der Waals surface area contributed by atoms with Crippen LogP contribution in [0.4, 0.5) is 5.13 Å². The molecule has 0 saturated carbocycles. The van der Waals surface area contributed by atoms with Crippen molar-refractivity contribution in [1.82, 2.24) is 19.9 Å². The molecule has 0 bridgehead atoms. The van der Waals surface area contributed by atoms with Crippen LogP contribution in [0.2, 0.25) is 0 Å². The maximum Gasteiger partial charge on any atom is 0.276 e. The van der Waals surface area contributed by atoms with E-state index in [1.165, 1.54) is 23.8 Å². The highest BCUT2D eigenvalue weighted by molar-refractivity contribution is 8.00. The quantitative estimate of drug-likeness (QED) is 0.171. The number of amides is 2. The lowest BCUT2D eigenvalue weighted by Gasteiger charge is -2.50. The zero-order valence-corrected chi connectivity index (χ0v) is 20.8. The number of benzene rings is 1. The lowest BCUT2D eigenvalue weighted by Crippen LogP contribution is -2.71. The topological polar surface area (TPSA) is 159 Å². The van der Waals surface area contributed by atoms with Crippen LogP contribution in [-0.2, 0) is 32.8 Å². The first kappa shape index (κ1) is 23.8. The molecule has 0 unspecified atom stereocenters. The van der Waals surface area contributed by atoms with Gasteiger partial charge in [-0.2, -0.15) is 4.68 Å². The lowest BCUT2D eigenvalue weighted by atomic mass is 10.0. The van der Waals surface area contributed by atoms with Gasteiger partial charge in [-0.15, -0.1) is 27.8 Å². The number of carbonyl (C=O) groups is 3. The van der Waals surface area contributed by atoms with E-state index in [-0.39, 0.29) is 28.8 Å². The first-order chi connectivity index (χ1) is 17.3. The smallest absolute Gasteiger partial charge is 0.276 e. The molecule has 2 aromatic heterocycles. The second kappa shape index (κ2) is 9.28. The molecule has 14 heteroatoms. The summed E-state index contributed by atoms with van der Waals surface area (Å²) in [5.74, 6) is -2.32. The van der Waals surface area contributed by atoms with Crippen LogP contribution in [-0.4, -0.2) is 62.3 Å². The van der Waals surface area contributed by atoms with Gasteiger partial charge in [-0.05, 0) is 12.1 Å². The average Bonchev–Trinajstić information content (AvgIpc) is 3.43. The van der Waals surface area contributed by atoms with E-state index >= 15 is 0 Å². The zero-order chi connectivity index (χ0) is 25.6. The number of hydrogen-bond acceptors (Lipinski definition) is 10. The highest BCUT2D eigenvalue weighted by Gasteiger charge is 2.53. The summed E-state index contributed by atoms with van der Waals surface area (Å²) >= 11 is 2.50. The number of aryl methyl sites for hydroxylation is 1. The van der Waals surface area contributed by atoms with Gasteiger partial charge in [-0.25, -0.2) is 4.98 Å². The summed E-state index contributed by atoms with van der Waals surface area (Å²) in [4.78, 5) is 48.0. The Morgan fingerprint density at radius 1 is 1.39 bits per heavy atom. The number of aromatic nitrogens is 3. The normalized spacial score (nSPS) is 19.8. The molecular formula is C22H21N7O5S2. The van der Waals surface area contributed by atoms with Crippen molar-refractivity contribution in [2.75, 3.05) is 18.6 Å². The Hall–Kier alpha value is -3.91. The van der Waals surface area contributed by atoms with Crippen molar-refractivity contribution in [1.29, 1.82) is 0 Å². The molecular weight excluding hydrogens is 506 g/mol. The van der Waals surface area contributed by atoms with Crippen LogP contribution in [0.1, 0.15) is 5.69 Å². The largest absolute Gasteiger partial charge is 0.543 e. The minimum Gasteiger partial charge on any atom is -0.543 e. The third-order valence-corrected chi connectivity index (χ3v) is 8.01. The molecule has 1 saturated heterocycles. The molecule has 1 aromatic carbocycles. The molecule has 12 nitrogen and oxygen atoms in total. The second-order valence-corrected chi connectivity index (χ2v) is 10.1. The number of rotatable bonds is 7. The Balaban J connectivity index is 1.38. The van der Waals surface area contributed by atoms with Gasteiger partial charge in [0, 0.05) is 16.7 Å². The highest BCUT2D eigenvalue weighted by Crippen LogP contribution is 2.40. The third-order valence-electron chi connectivity index (χ3n) is 6.00. The monoisotopic (exact) mass is 527 g/mol. The number of oxime groups is 1. The SMILES string of the molecule is CO/N=C(\C(=O)N[C@@H]1C(=O)N2C(C(=O)[O-])=C(C[n+]3cc4ccccc4n3C)CS[C@H]12)c1csc(N)n1. The molecule has 36 heavy (non-hydrogen) atoms. The standard InChI is InChI=1S/C22H21N7O5S2/c1-27-14-6-4-3-5-11(14)7-28(27)8-12-9-35-20-16(19(31)29(20)17(12)21(32)33)25-18(30)15(26-34-2)13-10-36-22(23)24-13/h3-7,10,16,20H,8-9H2,1-2H3,(H3-,23,24,25,30,32,33)/b26-15-/t16-,20-/m1/s1. The van der Waals surface area contributed by atoms with Crippen LogP contribution in [0.3, 0.4) is 0 Å². The molecule has 3 N–H and O–H groups in total. The van der Waals surface area contributed by atoms with Crippen molar-refractivity contribution >= 4 is 62.6 Å². The Morgan fingerprint density at radius 3 is 2.83 bits per heavy atom. The highest BCUT2D eigenvalue weighted by atomic mass is 32.2. The fraction of sp³-hybridized carbons (Fsp3) is 0.273. The van der Waals surface area contributed by atoms with Crippen molar-refractivity contribution in [3.63, 3.8) is 0 Å². The number of nitrogens with zero attached hydrogens (tertiary/aromatic N) is 5. The zero-order valence-electron chi connectivity index (χ0n) is 19.2. The van der Waals surface area contributed by atoms with Crippen molar-refractivity contribution in [3.8, 4) is 0 Å². The summed E-state index contributed by atoms with van der Waals surface area (Å²) in [6.07, 6.45) is 1.93. The molecule has 4 heterocycles. The number of nitrogens with two attached hydrogens (primary N) is 1. The van der Waals surface area contributed by atoms with Gasteiger partial charge >= 0.3 is 0 Å². The Bertz CT molecular complexity index is 1460. The van der Waals surface area contributed by atoms with E-state index in [1.807, 2.05) is 46.9 Å². The summed E-state index contributed by atoms with van der Waals surface area (Å²) in [7, 11) is 3.16. The van der Waals surface area contributed by atoms with Crippen molar-refractivity contribution < 1.29 is 29.0 Å². The predicted octanol–water partition coefficient (Wildman–Crippen LogP) is -1.04. The Morgan fingerprint density at radius 2 is 2.17 bits per heavy atom. The fourth-order valence-corrected chi connectivity index (χ4v) is 6.20. The minimum atomic E-state index is -1.44. The minimum absolute atomic E-state index is 0.138. The van der Waals surface area contributed by atoms with E-state index in [0.717, 1.165) is 22.2 Å². The number of carboxylic acid groups (broad SMARTS) is 1. The van der Waals surface area contributed by atoms with Crippen LogP contribution in [0.15, 0.2) is 52.3 Å². The lowest BCUT2D eigenvalue weighted by molar-refractivity contribution is -0.764.